The van der Waals surface area contributed by atoms with Crippen molar-refractivity contribution in [3.63, 3.8) is 0 Å². The van der Waals surface area contributed by atoms with Crippen molar-refractivity contribution in [3.05, 3.63) is 24.0 Å². The van der Waals surface area contributed by atoms with Gasteiger partial charge in [-0.3, -0.25) is 9.59 Å². The van der Waals surface area contributed by atoms with Crippen molar-refractivity contribution >= 4 is 17.8 Å². The fourth-order valence-electron chi connectivity index (χ4n) is 1.75. The molecule has 0 spiro atoms. The first-order chi connectivity index (χ1) is 9.49. The third-order valence-electron chi connectivity index (χ3n) is 2.87. The molecule has 0 saturated heterocycles. The van der Waals surface area contributed by atoms with Gasteiger partial charge in [0.1, 0.15) is 11.7 Å². The Kier molecular flexibility index (Phi) is 5.76. The molecule has 0 aliphatic carbocycles. The molecule has 0 aromatic carbocycles. The molecule has 1 rings (SSSR count). The summed E-state index contributed by atoms with van der Waals surface area (Å²) in [5.74, 6) is -2.17. The van der Waals surface area contributed by atoms with Crippen LogP contribution in [0.15, 0.2) is 18.3 Å². The summed E-state index contributed by atoms with van der Waals surface area (Å²) in [5.41, 5.74) is 0.386. The lowest BCUT2D eigenvalue weighted by atomic mass is 10.1. The van der Waals surface area contributed by atoms with Gasteiger partial charge < -0.3 is 19.7 Å². The van der Waals surface area contributed by atoms with Crippen LogP contribution in [0.5, 0.6) is 0 Å². The SMILES string of the molecule is CCn1cccc1C(=O)N[C@@H](CCC(=O)OC)C(=O)O. The monoisotopic (exact) mass is 282 g/mol. The molecule has 110 valence electrons. The minimum absolute atomic E-state index is 0.0133. The first-order valence-corrected chi connectivity index (χ1v) is 6.25. The van der Waals surface area contributed by atoms with Gasteiger partial charge in [0.2, 0.25) is 0 Å². The highest BCUT2D eigenvalue weighted by Crippen LogP contribution is 2.05. The van der Waals surface area contributed by atoms with E-state index in [1.165, 1.54) is 7.11 Å². The molecule has 1 amide bonds. The Labute approximate surface area is 116 Å². The van der Waals surface area contributed by atoms with Gasteiger partial charge in [-0.25, -0.2) is 4.79 Å². The molecule has 2 N–H and O–H groups in total. The summed E-state index contributed by atoms with van der Waals surface area (Å²) < 4.78 is 6.15. The fraction of sp³-hybridized carbons (Fsp3) is 0.462. The van der Waals surface area contributed by atoms with Crippen LogP contribution in [0, 0.1) is 0 Å². The predicted octanol–water partition coefficient (Wildman–Crippen LogP) is 0.644. The van der Waals surface area contributed by atoms with Crippen molar-refractivity contribution in [2.24, 2.45) is 0 Å². The number of aromatic nitrogens is 1. The van der Waals surface area contributed by atoms with E-state index in [1.807, 2.05) is 6.92 Å². The first kappa shape index (κ1) is 15.7. The number of amides is 1. The van der Waals surface area contributed by atoms with E-state index < -0.39 is 23.9 Å². The maximum Gasteiger partial charge on any atom is 0.326 e. The topological polar surface area (TPSA) is 97.6 Å². The van der Waals surface area contributed by atoms with Gasteiger partial charge in [0.15, 0.2) is 0 Å². The maximum absolute atomic E-state index is 12.0. The quantitative estimate of drug-likeness (QED) is 0.715. The van der Waals surface area contributed by atoms with E-state index in [9.17, 15) is 14.4 Å². The first-order valence-electron chi connectivity index (χ1n) is 6.25. The Bertz CT molecular complexity index is 495. The van der Waals surface area contributed by atoms with Crippen LogP contribution in [0.2, 0.25) is 0 Å². The summed E-state index contributed by atoms with van der Waals surface area (Å²) in [5, 5.41) is 11.5. The van der Waals surface area contributed by atoms with Crippen LogP contribution in [0.4, 0.5) is 0 Å². The molecule has 7 heteroatoms. The molecule has 1 aromatic rings. The minimum atomic E-state index is -1.18. The van der Waals surface area contributed by atoms with Crippen LogP contribution in [-0.4, -0.2) is 40.7 Å². The van der Waals surface area contributed by atoms with Crippen LogP contribution in [0.3, 0.4) is 0 Å². The van der Waals surface area contributed by atoms with Crippen molar-refractivity contribution in [2.45, 2.75) is 32.4 Å². The number of nitrogens with one attached hydrogen (secondary N) is 1. The molecule has 0 aliphatic rings. The van der Waals surface area contributed by atoms with Gasteiger partial charge in [-0.2, -0.15) is 0 Å². The van der Waals surface area contributed by atoms with Crippen molar-refractivity contribution in [2.75, 3.05) is 7.11 Å². The van der Waals surface area contributed by atoms with Crippen LogP contribution < -0.4 is 5.32 Å². The number of carbonyl (C=O) groups is 3. The molecule has 7 nitrogen and oxygen atoms in total. The number of aliphatic carboxylic acids is 1. The summed E-state index contributed by atoms with van der Waals surface area (Å²) in [7, 11) is 1.23. The van der Waals surface area contributed by atoms with Crippen molar-refractivity contribution in [1.82, 2.24) is 9.88 Å². The van der Waals surface area contributed by atoms with E-state index in [4.69, 9.17) is 5.11 Å². The number of ether oxygens (including phenoxy) is 1. The van der Waals surface area contributed by atoms with Crippen LogP contribution in [0.1, 0.15) is 30.3 Å². The summed E-state index contributed by atoms with van der Waals surface area (Å²) in [4.78, 5) is 34.1. The second-order valence-corrected chi connectivity index (χ2v) is 4.16. The van der Waals surface area contributed by atoms with E-state index in [1.54, 1.807) is 22.9 Å². The summed E-state index contributed by atoms with van der Waals surface area (Å²) in [6, 6.07) is 2.20. The number of carboxylic acid groups (broad SMARTS) is 1. The summed E-state index contributed by atoms with van der Waals surface area (Å²) in [6.45, 7) is 2.48. The molecular weight excluding hydrogens is 264 g/mol. The third-order valence-corrected chi connectivity index (χ3v) is 2.87. The highest BCUT2D eigenvalue weighted by molar-refractivity contribution is 5.95. The fourth-order valence-corrected chi connectivity index (χ4v) is 1.75. The Morgan fingerprint density at radius 2 is 2.15 bits per heavy atom. The Balaban J connectivity index is 2.68. The zero-order valence-corrected chi connectivity index (χ0v) is 11.5. The largest absolute Gasteiger partial charge is 0.480 e. The van der Waals surface area contributed by atoms with Crippen molar-refractivity contribution in [3.8, 4) is 0 Å². The Morgan fingerprint density at radius 1 is 1.45 bits per heavy atom. The van der Waals surface area contributed by atoms with Crippen LogP contribution in [-0.2, 0) is 20.9 Å². The summed E-state index contributed by atoms with van der Waals surface area (Å²) >= 11 is 0. The average molecular weight is 282 g/mol. The molecule has 0 fully saturated rings. The van der Waals surface area contributed by atoms with Gasteiger partial charge in [-0.1, -0.05) is 0 Å². The number of aryl methyl sites for hydroxylation is 1. The van der Waals surface area contributed by atoms with Crippen molar-refractivity contribution < 1.29 is 24.2 Å². The molecule has 0 saturated carbocycles. The lowest BCUT2D eigenvalue weighted by Crippen LogP contribution is -2.41. The number of rotatable bonds is 7. The van der Waals surface area contributed by atoms with Gasteiger partial charge in [0, 0.05) is 19.2 Å². The average Bonchev–Trinajstić information content (AvgIpc) is 2.90. The summed E-state index contributed by atoms with van der Waals surface area (Å²) in [6.07, 6.45) is 1.66. The van der Waals surface area contributed by atoms with Crippen molar-refractivity contribution in [1.29, 1.82) is 0 Å². The second kappa shape index (κ2) is 7.32. The number of hydrogen-bond donors (Lipinski definition) is 2. The number of carbonyl (C=O) groups excluding carboxylic acids is 2. The zero-order valence-electron chi connectivity index (χ0n) is 11.5. The number of esters is 1. The van der Waals surface area contributed by atoms with Gasteiger partial charge >= 0.3 is 11.9 Å². The van der Waals surface area contributed by atoms with E-state index in [2.05, 4.69) is 10.1 Å². The number of hydrogen-bond acceptors (Lipinski definition) is 4. The van der Waals surface area contributed by atoms with E-state index in [-0.39, 0.29) is 12.8 Å². The third kappa shape index (κ3) is 4.11. The lowest BCUT2D eigenvalue weighted by Gasteiger charge is -2.14. The van der Waals surface area contributed by atoms with Gasteiger partial charge in [-0.05, 0) is 25.5 Å². The molecular formula is C13H18N2O5. The van der Waals surface area contributed by atoms with Gasteiger partial charge in [0.25, 0.3) is 5.91 Å². The molecule has 1 atom stereocenters. The molecule has 1 heterocycles. The van der Waals surface area contributed by atoms with E-state index >= 15 is 0 Å². The van der Waals surface area contributed by atoms with Crippen LogP contribution >= 0.6 is 0 Å². The molecule has 1 aromatic heterocycles. The highest BCUT2D eigenvalue weighted by Gasteiger charge is 2.22. The smallest absolute Gasteiger partial charge is 0.326 e. The minimum Gasteiger partial charge on any atom is -0.480 e. The zero-order chi connectivity index (χ0) is 15.1. The normalized spacial score (nSPS) is 11.7. The predicted molar refractivity (Wildman–Crippen MR) is 70.2 cm³/mol. The molecule has 20 heavy (non-hydrogen) atoms. The van der Waals surface area contributed by atoms with Gasteiger partial charge in [0.05, 0.1) is 7.11 Å². The van der Waals surface area contributed by atoms with E-state index in [0.29, 0.717) is 12.2 Å². The standard InChI is InChI=1S/C13H18N2O5/c1-3-15-8-4-5-10(15)12(17)14-9(13(18)19)6-7-11(16)20-2/h4-5,8-9H,3,6-7H2,1-2H3,(H,14,17)(H,18,19)/t9-/m0/s1. The van der Waals surface area contributed by atoms with Gasteiger partial charge in [-0.15, -0.1) is 0 Å². The highest BCUT2D eigenvalue weighted by atomic mass is 16.5. The number of nitrogens with zero attached hydrogens (tertiary/aromatic N) is 1. The molecule has 0 bridgehead atoms. The Hall–Kier alpha value is -2.31. The van der Waals surface area contributed by atoms with Crippen LogP contribution in [0.25, 0.3) is 0 Å². The number of methoxy groups -OCH3 is 1. The van der Waals surface area contributed by atoms with E-state index in [0.717, 1.165) is 0 Å². The molecule has 0 radical (unpaired) electrons. The second-order valence-electron chi connectivity index (χ2n) is 4.16. The lowest BCUT2D eigenvalue weighted by molar-refractivity contribution is -0.142. The number of carboxylic acids is 1. The maximum atomic E-state index is 12.0. The molecule has 0 aliphatic heterocycles. The molecule has 0 unspecified atom stereocenters. The Morgan fingerprint density at radius 3 is 2.70 bits per heavy atom.